The van der Waals surface area contributed by atoms with Crippen LogP contribution in [0.2, 0.25) is 0 Å². The maximum atomic E-state index is 12.1. The second-order valence-corrected chi connectivity index (χ2v) is 6.15. The van der Waals surface area contributed by atoms with Gasteiger partial charge in [-0.1, -0.05) is 22.0 Å². The number of benzene rings is 1. The highest BCUT2D eigenvalue weighted by atomic mass is 79.9. The molecule has 0 aliphatic carbocycles. The van der Waals surface area contributed by atoms with E-state index < -0.39 is 5.60 Å². The number of ether oxygens (including phenoxy) is 1. The van der Waals surface area contributed by atoms with Crippen molar-refractivity contribution < 1.29 is 9.53 Å². The molecule has 2 rings (SSSR count). The number of halogens is 1. The summed E-state index contributed by atoms with van der Waals surface area (Å²) in [6.45, 7) is 7.56. The van der Waals surface area contributed by atoms with Gasteiger partial charge in [-0.15, -0.1) is 0 Å². The zero-order chi connectivity index (χ0) is 13.5. The van der Waals surface area contributed by atoms with Crippen LogP contribution in [0.15, 0.2) is 28.9 Å². The molecular weight excluding hydrogens is 294 g/mol. The van der Waals surface area contributed by atoms with E-state index in [1.54, 1.807) is 4.57 Å². The van der Waals surface area contributed by atoms with E-state index in [1.165, 1.54) is 0 Å². The number of aromatic nitrogens is 1. The average molecular weight is 310 g/mol. The minimum atomic E-state index is -0.492. The number of fused-ring (bicyclic) bond motifs is 1. The lowest BCUT2D eigenvalue weighted by Crippen LogP contribution is -2.26. The quantitative estimate of drug-likeness (QED) is 0.717. The number of hydrogen-bond donors (Lipinski definition) is 0. The summed E-state index contributed by atoms with van der Waals surface area (Å²) in [4.78, 5) is 12.1. The Kier molecular flexibility index (Phi) is 3.23. The van der Waals surface area contributed by atoms with Crippen molar-refractivity contribution >= 4 is 32.9 Å². The maximum absolute atomic E-state index is 12.1. The first-order valence-corrected chi connectivity index (χ1v) is 6.58. The molecule has 0 spiro atoms. The van der Waals surface area contributed by atoms with Crippen LogP contribution in [0.5, 0.6) is 0 Å². The van der Waals surface area contributed by atoms with Crippen molar-refractivity contribution in [2.75, 3.05) is 0 Å². The molecule has 0 atom stereocenters. The van der Waals surface area contributed by atoms with E-state index in [2.05, 4.69) is 15.9 Å². The minimum absolute atomic E-state index is 0.348. The van der Waals surface area contributed by atoms with Crippen molar-refractivity contribution in [3.8, 4) is 0 Å². The van der Waals surface area contributed by atoms with Gasteiger partial charge in [0.05, 0.1) is 5.52 Å². The van der Waals surface area contributed by atoms with Crippen molar-refractivity contribution in [1.82, 2.24) is 4.57 Å². The third-order valence-corrected chi connectivity index (χ3v) is 3.22. The molecule has 0 aliphatic heterocycles. The summed E-state index contributed by atoms with van der Waals surface area (Å²) in [6, 6.07) is 5.79. The first kappa shape index (κ1) is 13.1. The molecule has 1 aromatic carbocycles. The highest BCUT2D eigenvalue weighted by Crippen LogP contribution is 2.29. The summed E-state index contributed by atoms with van der Waals surface area (Å²) in [5.74, 6) is 0. The van der Waals surface area contributed by atoms with E-state index in [4.69, 9.17) is 4.74 Å². The molecule has 0 unspecified atom stereocenters. The van der Waals surface area contributed by atoms with E-state index in [1.807, 2.05) is 52.1 Å². The van der Waals surface area contributed by atoms with Crippen LogP contribution in [0, 0.1) is 6.92 Å². The predicted molar refractivity (Wildman–Crippen MR) is 76.0 cm³/mol. The highest BCUT2D eigenvalue weighted by molar-refractivity contribution is 9.10. The first-order chi connectivity index (χ1) is 8.29. The molecule has 2 aromatic rings. The second kappa shape index (κ2) is 4.43. The van der Waals surface area contributed by atoms with Crippen molar-refractivity contribution in [2.45, 2.75) is 33.3 Å². The third kappa shape index (κ3) is 2.43. The van der Waals surface area contributed by atoms with Crippen LogP contribution in [-0.4, -0.2) is 16.3 Å². The summed E-state index contributed by atoms with van der Waals surface area (Å²) in [6.07, 6.45) is 1.46. The lowest BCUT2D eigenvalue weighted by molar-refractivity contribution is 0.0544. The van der Waals surface area contributed by atoms with Gasteiger partial charge in [0, 0.05) is 16.1 Å². The van der Waals surface area contributed by atoms with Gasteiger partial charge in [-0.2, -0.15) is 0 Å². The zero-order valence-corrected chi connectivity index (χ0v) is 12.5. The third-order valence-electron chi connectivity index (χ3n) is 2.56. The van der Waals surface area contributed by atoms with Gasteiger partial charge in [0.25, 0.3) is 0 Å². The number of aryl methyl sites for hydroxylation is 1. The van der Waals surface area contributed by atoms with Gasteiger partial charge in [0.15, 0.2) is 0 Å². The van der Waals surface area contributed by atoms with E-state index in [-0.39, 0.29) is 6.09 Å². The highest BCUT2D eigenvalue weighted by Gasteiger charge is 2.20. The summed E-state index contributed by atoms with van der Waals surface area (Å²) >= 11 is 3.51. The molecule has 18 heavy (non-hydrogen) atoms. The van der Waals surface area contributed by atoms with Crippen LogP contribution in [0.1, 0.15) is 26.3 Å². The van der Waals surface area contributed by atoms with Crippen LogP contribution in [0.25, 0.3) is 10.9 Å². The molecule has 1 aromatic heterocycles. The first-order valence-electron chi connectivity index (χ1n) is 5.79. The predicted octanol–water partition coefficient (Wildman–Crippen LogP) is 4.50. The van der Waals surface area contributed by atoms with Gasteiger partial charge in [-0.3, -0.25) is 4.57 Å². The van der Waals surface area contributed by atoms with Crippen molar-refractivity contribution in [3.05, 3.63) is 34.4 Å². The molecular formula is C14H16BrNO2. The van der Waals surface area contributed by atoms with Gasteiger partial charge in [-0.05, 0) is 45.4 Å². The van der Waals surface area contributed by atoms with Crippen molar-refractivity contribution in [2.24, 2.45) is 0 Å². The largest absolute Gasteiger partial charge is 0.443 e. The summed E-state index contributed by atoms with van der Waals surface area (Å²) in [5.41, 5.74) is 1.41. The molecule has 0 bridgehead atoms. The summed E-state index contributed by atoms with van der Waals surface area (Å²) in [5, 5.41) is 1.04. The fourth-order valence-corrected chi connectivity index (χ4v) is 2.56. The molecule has 0 fully saturated rings. The SMILES string of the molecule is Cc1cn(C(=O)OC(C)(C)C)c2cccc(Br)c12. The Morgan fingerprint density at radius 2 is 2.00 bits per heavy atom. The molecule has 0 N–H and O–H groups in total. The number of hydrogen-bond acceptors (Lipinski definition) is 2. The molecule has 0 aliphatic rings. The normalized spacial score (nSPS) is 11.8. The fraction of sp³-hybridized carbons (Fsp3) is 0.357. The van der Waals surface area contributed by atoms with Crippen LogP contribution in [-0.2, 0) is 4.74 Å². The molecule has 0 amide bonds. The molecule has 96 valence electrons. The Balaban J connectivity index is 2.53. The Labute approximate surface area is 115 Å². The van der Waals surface area contributed by atoms with Gasteiger partial charge in [0.2, 0.25) is 0 Å². The van der Waals surface area contributed by atoms with Crippen molar-refractivity contribution in [1.29, 1.82) is 0 Å². The summed E-state index contributed by atoms with van der Waals surface area (Å²) in [7, 11) is 0. The molecule has 0 saturated carbocycles. The van der Waals surface area contributed by atoms with Gasteiger partial charge >= 0.3 is 6.09 Å². The zero-order valence-electron chi connectivity index (χ0n) is 11.0. The van der Waals surface area contributed by atoms with E-state index in [9.17, 15) is 4.79 Å². The Morgan fingerprint density at radius 3 is 2.61 bits per heavy atom. The Hall–Kier alpha value is -1.29. The molecule has 0 radical (unpaired) electrons. The lowest BCUT2D eigenvalue weighted by Gasteiger charge is -2.19. The molecule has 4 heteroatoms. The standard InChI is InChI=1S/C14H16BrNO2/c1-9-8-16(13(17)18-14(2,3)4)11-7-5-6-10(15)12(9)11/h5-8H,1-4H3. The van der Waals surface area contributed by atoms with Crippen LogP contribution < -0.4 is 0 Å². The molecule has 0 saturated heterocycles. The fourth-order valence-electron chi connectivity index (χ4n) is 1.89. The van der Waals surface area contributed by atoms with E-state index in [0.29, 0.717) is 0 Å². The number of nitrogens with zero attached hydrogens (tertiary/aromatic N) is 1. The number of carbonyl (C=O) groups is 1. The minimum Gasteiger partial charge on any atom is -0.443 e. The van der Waals surface area contributed by atoms with Crippen LogP contribution >= 0.6 is 15.9 Å². The van der Waals surface area contributed by atoms with E-state index >= 15 is 0 Å². The molecule has 3 nitrogen and oxygen atoms in total. The number of rotatable bonds is 0. The number of carbonyl (C=O) groups excluding carboxylic acids is 1. The summed E-state index contributed by atoms with van der Waals surface area (Å²) < 4.78 is 7.94. The van der Waals surface area contributed by atoms with Crippen LogP contribution in [0.4, 0.5) is 4.79 Å². The van der Waals surface area contributed by atoms with Crippen molar-refractivity contribution in [3.63, 3.8) is 0 Å². The smallest absolute Gasteiger partial charge is 0.419 e. The second-order valence-electron chi connectivity index (χ2n) is 5.30. The molecule has 1 heterocycles. The maximum Gasteiger partial charge on any atom is 0.419 e. The average Bonchev–Trinajstić information content (AvgIpc) is 2.55. The monoisotopic (exact) mass is 309 g/mol. The van der Waals surface area contributed by atoms with Gasteiger partial charge in [0.1, 0.15) is 5.60 Å². The Bertz CT molecular complexity index is 608. The Morgan fingerprint density at radius 1 is 1.33 bits per heavy atom. The lowest BCUT2D eigenvalue weighted by atomic mass is 10.2. The van der Waals surface area contributed by atoms with Gasteiger partial charge in [-0.25, -0.2) is 4.79 Å². The van der Waals surface area contributed by atoms with E-state index in [0.717, 1.165) is 20.9 Å². The van der Waals surface area contributed by atoms with Crippen LogP contribution in [0.3, 0.4) is 0 Å². The van der Waals surface area contributed by atoms with Gasteiger partial charge < -0.3 is 4.74 Å². The topological polar surface area (TPSA) is 31.2 Å².